The Balaban J connectivity index is 2.06. The molecule has 121 valence electrons. The van der Waals surface area contributed by atoms with Gasteiger partial charge in [0.25, 0.3) is 0 Å². The van der Waals surface area contributed by atoms with E-state index in [4.69, 9.17) is 23.1 Å². The Labute approximate surface area is 135 Å². The minimum Gasteiger partial charge on any atom is -0.327 e. The largest absolute Gasteiger partial charge is 0.418 e. The van der Waals surface area contributed by atoms with Gasteiger partial charge in [0.2, 0.25) is 0 Å². The number of fused-ring (bicyclic) bond motifs is 3. The summed E-state index contributed by atoms with van der Waals surface area (Å²) in [4.78, 5) is 5.54. The van der Waals surface area contributed by atoms with Gasteiger partial charge in [-0.05, 0) is 22.2 Å². The Morgan fingerprint density at radius 1 is 0.696 bits per heavy atom. The van der Waals surface area contributed by atoms with Crippen LogP contribution in [0.15, 0.2) is 54.6 Å². The van der Waals surface area contributed by atoms with E-state index in [0.29, 0.717) is 5.75 Å². The van der Waals surface area contributed by atoms with Gasteiger partial charge in [0, 0.05) is 26.7 Å². The number of rotatable bonds is 6. The molecule has 0 spiro atoms. The monoisotopic (exact) mass is 333 g/mol. The van der Waals surface area contributed by atoms with E-state index in [9.17, 15) is 0 Å². The molecule has 0 saturated heterocycles. The molecule has 5 nitrogen and oxygen atoms in total. The second-order valence-electron chi connectivity index (χ2n) is 4.79. The molecule has 0 heterocycles. The van der Waals surface area contributed by atoms with Crippen LogP contribution < -0.4 is 4.89 Å². The van der Waals surface area contributed by atoms with E-state index in [1.807, 2.05) is 42.5 Å². The summed E-state index contributed by atoms with van der Waals surface area (Å²) in [5.74, 6) is 0.579. The third kappa shape index (κ3) is 3.02. The number of benzene rings is 3. The summed E-state index contributed by atoms with van der Waals surface area (Å²) >= 11 is 0. The molecule has 0 aromatic heterocycles. The van der Waals surface area contributed by atoms with Crippen LogP contribution in [0, 0.1) is 0 Å². The average Bonchev–Trinajstić information content (AvgIpc) is 2.63. The molecule has 0 atom stereocenters. The van der Waals surface area contributed by atoms with E-state index in [1.54, 1.807) is 0 Å². The Morgan fingerprint density at radius 2 is 1.26 bits per heavy atom. The minimum absolute atomic E-state index is 0.579. The van der Waals surface area contributed by atoms with Crippen LogP contribution in [0.5, 0.6) is 5.75 Å². The molecule has 0 aliphatic heterocycles. The minimum atomic E-state index is -2.96. The molecule has 23 heavy (non-hydrogen) atoms. The fourth-order valence-corrected chi connectivity index (χ4v) is 3.29. The average molecular weight is 333 g/mol. The van der Waals surface area contributed by atoms with Crippen molar-refractivity contribution < 1.29 is 23.1 Å². The van der Waals surface area contributed by atoms with Gasteiger partial charge in [0.15, 0.2) is 5.75 Å². The van der Waals surface area contributed by atoms with Crippen molar-refractivity contribution in [3.05, 3.63) is 54.6 Å². The number of hydrogen-bond acceptors (Lipinski definition) is 5. The van der Waals surface area contributed by atoms with E-state index in [2.05, 4.69) is 12.1 Å². The molecule has 0 bridgehead atoms. The van der Waals surface area contributed by atoms with Crippen molar-refractivity contribution in [1.82, 2.24) is 0 Å². The van der Waals surface area contributed by atoms with Gasteiger partial charge in [0.1, 0.15) is 0 Å². The molecule has 0 aliphatic rings. The van der Waals surface area contributed by atoms with E-state index >= 15 is 0 Å². The smallest absolute Gasteiger partial charge is 0.327 e. The molecule has 3 aromatic rings. The van der Waals surface area contributed by atoms with Crippen molar-refractivity contribution in [1.29, 1.82) is 0 Å². The lowest BCUT2D eigenvalue weighted by molar-refractivity contribution is -0.141. The van der Waals surface area contributed by atoms with Crippen LogP contribution in [0.2, 0.25) is 0 Å². The van der Waals surface area contributed by atoms with Gasteiger partial charge in [-0.3, -0.25) is 13.6 Å². The lowest BCUT2D eigenvalue weighted by Crippen LogP contribution is -2.08. The molecule has 3 rings (SSSR count). The maximum Gasteiger partial charge on any atom is 0.418 e. The predicted molar refractivity (Wildman–Crippen MR) is 91.1 cm³/mol. The van der Waals surface area contributed by atoms with Crippen LogP contribution in [0.1, 0.15) is 0 Å². The molecule has 0 fully saturated rings. The summed E-state index contributed by atoms with van der Waals surface area (Å²) in [5, 5.41) is 4.23. The summed E-state index contributed by atoms with van der Waals surface area (Å²) in [7, 11) is 1.38. The molecule has 0 saturated carbocycles. The third-order valence-corrected chi connectivity index (χ3v) is 5.22. The van der Waals surface area contributed by atoms with Crippen LogP contribution in [-0.2, 0) is 18.2 Å². The van der Waals surface area contributed by atoms with Gasteiger partial charge in [-0.1, -0.05) is 53.2 Å². The Hall–Kier alpha value is -1.75. The van der Waals surface area contributed by atoms with E-state index in [-0.39, 0.29) is 0 Å². The van der Waals surface area contributed by atoms with Crippen LogP contribution in [-0.4, -0.2) is 21.3 Å². The van der Waals surface area contributed by atoms with Crippen LogP contribution >= 0.6 is 8.17 Å². The van der Waals surface area contributed by atoms with Crippen LogP contribution in [0.3, 0.4) is 0 Å². The maximum atomic E-state index is 5.54. The zero-order chi connectivity index (χ0) is 16.3. The van der Waals surface area contributed by atoms with Gasteiger partial charge < -0.3 is 4.89 Å². The molecule has 0 N–H and O–H groups in total. The fourth-order valence-electron chi connectivity index (χ4n) is 2.49. The molecule has 0 aliphatic carbocycles. The molecular formula is C17H18O5P. The second kappa shape index (κ2) is 6.79. The highest BCUT2D eigenvalue weighted by Crippen LogP contribution is 2.61. The molecule has 0 amide bonds. The number of hydrogen-bond donors (Lipinski definition) is 0. The van der Waals surface area contributed by atoms with Crippen molar-refractivity contribution in [2.24, 2.45) is 0 Å². The zero-order valence-corrected chi connectivity index (χ0v) is 14.1. The van der Waals surface area contributed by atoms with Gasteiger partial charge in [-0.25, -0.2) is 0 Å². The summed E-state index contributed by atoms with van der Waals surface area (Å²) in [6, 6.07) is 18.0. The second-order valence-corrected chi connectivity index (χ2v) is 6.93. The van der Waals surface area contributed by atoms with Crippen molar-refractivity contribution in [2.75, 3.05) is 21.3 Å². The molecule has 6 heteroatoms. The van der Waals surface area contributed by atoms with E-state index in [1.165, 1.54) is 21.3 Å². The quantitative estimate of drug-likeness (QED) is 0.277. The molecule has 0 unspecified atom stereocenters. The Morgan fingerprint density at radius 3 is 1.91 bits per heavy atom. The van der Waals surface area contributed by atoms with Crippen molar-refractivity contribution in [2.45, 2.75) is 0 Å². The van der Waals surface area contributed by atoms with Crippen molar-refractivity contribution in [3.63, 3.8) is 0 Å². The first-order valence-corrected chi connectivity index (χ1v) is 8.52. The SMILES string of the molecule is CO[P](OC)(OC)OOc1cc2ccccc2c2ccccc12. The standard InChI is InChI=1S/C17H18O5P/c1-18-23(19-2,20-3)22-21-17-12-13-8-4-5-9-14(13)15-10-6-7-11-16(15)17/h4-12H,1-3H3. The topological polar surface area (TPSA) is 46.2 Å². The van der Waals surface area contributed by atoms with Crippen molar-refractivity contribution >= 4 is 29.7 Å². The Kier molecular flexibility index (Phi) is 4.76. The molecule has 1 radical (unpaired) electrons. The molecule has 3 aromatic carbocycles. The third-order valence-electron chi connectivity index (χ3n) is 3.62. The van der Waals surface area contributed by atoms with E-state index < -0.39 is 8.17 Å². The Bertz CT molecular complexity index is 808. The van der Waals surface area contributed by atoms with Gasteiger partial charge in [-0.2, -0.15) is 0 Å². The highest BCUT2D eigenvalue weighted by atomic mass is 31.2. The summed E-state index contributed by atoms with van der Waals surface area (Å²) in [6.45, 7) is 0. The summed E-state index contributed by atoms with van der Waals surface area (Å²) < 4.78 is 20.9. The summed E-state index contributed by atoms with van der Waals surface area (Å²) in [5.41, 5.74) is 0. The first-order chi connectivity index (χ1) is 11.2. The first kappa shape index (κ1) is 16.1. The first-order valence-electron chi connectivity index (χ1n) is 7.06. The van der Waals surface area contributed by atoms with Gasteiger partial charge in [-0.15, -0.1) is 0 Å². The van der Waals surface area contributed by atoms with Crippen LogP contribution in [0.25, 0.3) is 21.5 Å². The lowest BCUT2D eigenvalue weighted by atomic mass is 10.0. The fraction of sp³-hybridized carbons (Fsp3) is 0.176. The maximum absolute atomic E-state index is 5.54. The van der Waals surface area contributed by atoms with Crippen LogP contribution in [0.4, 0.5) is 0 Å². The lowest BCUT2D eigenvalue weighted by Gasteiger charge is -2.26. The van der Waals surface area contributed by atoms with E-state index in [0.717, 1.165) is 21.5 Å². The van der Waals surface area contributed by atoms with Gasteiger partial charge >= 0.3 is 8.17 Å². The predicted octanol–water partition coefficient (Wildman–Crippen LogP) is 4.92. The van der Waals surface area contributed by atoms with Gasteiger partial charge in [0.05, 0.1) is 0 Å². The highest BCUT2D eigenvalue weighted by molar-refractivity contribution is 7.56. The highest BCUT2D eigenvalue weighted by Gasteiger charge is 2.33. The zero-order valence-electron chi connectivity index (χ0n) is 13.2. The van der Waals surface area contributed by atoms with Crippen molar-refractivity contribution in [3.8, 4) is 5.75 Å². The normalized spacial score (nSPS) is 12.0. The molecular weight excluding hydrogens is 315 g/mol. The summed E-state index contributed by atoms with van der Waals surface area (Å²) in [6.07, 6.45) is 0.